The number of amides is 2. The van der Waals surface area contributed by atoms with E-state index in [2.05, 4.69) is 31.2 Å². The van der Waals surface area contributed by atoms with Crippen molar-refractivity contribution in [2.24, 2.45) is 27.0 Å². The van der Waals surface area contributed by atoms with Crippen LogP contribution in [-0.2, 0) is 19.7 Å². The highest BCUT2D eigenvalue weighted by molar-refractivity contribution is 7.89. The van der Waals surface area contributed by atoms with Gasteiger partial charge in [-0.2, -0.15) is 0 Å². The number of primary sulfonamides is 1. The van der Waals surface area contributed by atoms with Crippen LogP contribution >= 0.6 is 0 Å². The number of carbonyl (C=O) groups is 2. The van der Waals surface area contributed by atoms with Crippen LogP contribution in [0, 0.1) is 16.7 Å². The first-order chi connectivity index (χ1) is 14.9. The number of carbonyl (C=O) groups excluding carboxylic acids is 2. The van der Waals surface area contributed by atoms with Crippen molar-refractivity contribution in [1.82, 2.24) is 10.2 Å². The van der Waals surface area contributed by atoms with Crippen molar-refractivity contribution in [3.05, 3.63) is 17.9 Å². The number of oxime groups is 1. The van der Waals surface area contributed by atoms with E-state index in [4.69, 9.17) is 14.4 Å². The molecule has 3 heterocycles. The second kappa shape index (κ2) is 7.87. The maximum absolute atomic E-state index is 13.1. The van der Waals surface area contributed by atoms with E-state index >= 15 is 0 Å². The van der Waals surface area contributed by atoms with Gasteiger partial charge in [0.15, 0.2) is 5.76 Å². The van der Waals surface area contributed by atoms with E-state index in [1.165, 1.54) is 6.07 Å². The van der Waals surface area contributed by atoms with Crippen molar-refractivity contribution in [2.75, 3.05) is 19.6 Å². The third kappa shape index (κ3) is 4.40. The summed E-state index contributed by atoms with van der Waals surface area (Å²) in [6.07, 6.45) is 2.95. The van der Waals surface area contributed by atoms with E-state index in [0.29, 0.717) is 38.4 Å². The Morgan fingerprint density at radius 3 is 2.62 bits per heavy atom. The van der Waals surface area contributed by atoms with Crippen LogP contribution in [0.25, 0.3) is 0 Å². The van der Waals surface area contributed by atoms with Gasteiger partial charge in [0.2, 0.25) is 11.2 Å². The summed E-state index contributed by atoms with van der Waals surface area (Å²) in [6.45, 7) is 7.61. The Hall–Kier alpha value is -2.40. The van der Waals surface area contributed by atoms with Gasteiger partial charge in [-0.05, 0) is 36.8 Å². The summed E-state index contributed by atoms with van der Waals surface area (Å²) in [6, 6.07) is 2.43. The zero-order valence-electron chi connectivity index (χ0n) is 18.6. The number of likely N-dealkylation sites (tertiary alicyclic amines) is 1. The lowest BCUT2D eigenvalue weighted by Crippen LogP contribution is -2.49. The van der Waals surface area contributed by atoms with Crippen molar-refractivity contribution in [2.45, 2.75) is 57.7 Å². The van der Waals surface area contributed by atoms with Crippen molar-refractivity contribution < 1.29 is 27.3 Å². The van der Waals surface area contributed by atoms with Crippen LogP contribution in [0.1, 0.15) is 57.0 Å². The lowest BCUT2D eigenvalue weighted by Gasteiger charge is -2.42. The van der Waals surface area contributed by atoms with Crippen LogP contribution in [0.2, 0.25) is 0 Å². The van der Waals surface area contributed by atoms with E-state index in [0.717, 1.165) is 24.6 Å². The SMILES string of the molecule is CC(C)(C)C1(CNC(=O)c2ccc(S(N)(=O)=O)o2)CCN(C(=O)C2CC(C3CC3)=NO2)C1. The maximum atomic E-state index is 13.1. The Labute approximate surface area is 187 Å². The zero-order chi connectivity index (χ0) is 23.3. The predicted molar refractivity (Wildman–Crippen MR) is 115 cm³/mol. The summed E-state index contributed by atoms with van der Waals surface area (Å²) >= 11 is 0. The van der Waals surface area contributed by atoms with Crippen molar-refractivity contribution in [1.29, 1.82) is 0 Å². The first-order valence-corrected chi connectivity index (χ1v) is 12.4. The van der Waals surface area contributed by atoms with Gasteiger partial charge in [-0.25, -0.2) is 13.6 Å². The topological polar surface area (TPSA) is 144 Å². The number of hydrogen-bond acceptors (Lipinski definition) is 7. The number of sulfonamides is 1. The van der Waals surface area contributed by atoms with Crippen LogP contribution in [0.4, 0.5) is 0 Å². The highest BCUT2D eigenvalue weighted by Gasteiger charge is 2.50. The molecule has 10 nitrogen and oxygen atoms in total. The molecule has 0 aromatic carbocycles. The lowest BCUT2D eigenvalue weighted by atomic mass is 9.66. The Balaban J connectivity index is 1.40. The molecule has 1 aliphatic carbocycles. The summed E-state index contributed by atoms with van der Waals surface area (Å²) in [5.41, 5.74) is 0.414. The highest BCUT2D eigenvalue weighted by atomic mass is 32.2. The van der Waals surface area contributed by atoms with Crippen LogP contribution in [-0.4, -0.2) is 56.6 Å². The fourth-order valence-corrected chi connectivity index (χ4v) is 4.87. The van der Waals surface area contributed by atoms with E-state index in [1.54, 1.807) is 4.90 Å². The largest absolute Gasteiger partial charge is 0.438 e. The van der Waals surface area contributed by atoms with Gasteiger partial charge in [-0.3, -0.25) is 9.59 Å². The van der Waals surface area contributed by atoms with Crippen LogP contribution in [0.15, 0.2) is 26.8 Å². The first-order valence-electron chi connectivity index (χ1n) is 10.8. The molecule has 0 radical (unpaired) electrons. The Morgan fingerprint density at radius 2 is 2.03 bits per heavy atom. The molecule has 1 saturated heterocycles. The molecule has 1 saturated carbocycles. The van der Waals surface area contributed by atoms with Crippen molar-refractivity contribution >= 4 is 27.5 Å². The van der Waals surface area contributed by atoms with Gasteiger partial charge in [0.05, 0.1) is 5.71 Å². The second-order valence-electron chi connectivity index (χ2n) is 10.0. The number of nitrogens with zero attached hydrogens (tertiary/aromatic N) is 2. The Bertz CT molecular complexity index is 1050. The van der Waals surface area contributed by atoms with Gasteiger partial charge in [0, 0.05) is 37.4 Å². The lowest BCUT2D eigenvalue weighted by molar-refractivity contribution is -0.141. The Kier molecular flexibility index (Phi) is 5.61. The summed E-state index contributed by atoms with van der Waals surface area (Å²) < 4.78 is 27.9. The number of rotatable bonds is 6. The molecule has 2 atom stereocenters. The van der Waals surface area contributed by atoms with Gasteiger partial charge in [-0.1, -0.05) is 25.9 Å². The fraction of sp³-hybridized carbons (Fsp3) is 0.667. The number of hydrogen-bond donors (Lipinski definition) is 2. The minimum absolute atomic E-state index is 0.0642. The molecule has 32 heavy (non-hydrogen) atoms. The van der Waals surface area contributed by atoms with Gasteiger partial charge in [0.25, 0.3) is 21.8 Å². The average Bonchev–Trinajstić information content (AvgIpc) is 3.16. The summed E-state index contributed by atoms with van der Waals surface area (Å²) in [5.74, 6) is -0.250. The molecule has 3 aliphatic rings. The van der Waals surface area contributed by atoms with Gasteiger partial charge in [0.1, 0.15) is 0 Å². The third-order valence-corrected chi connectivity index (χ3v) is 7.73. The molecule has 2 amide bonds. The standard InChI is InChI=1S/C21H30N4O6S/c1-20(2,3)21(11-23-18(26)15-6-7-17(30-15)32(22,28)29)8-9-25(12-21)19(27)16-10-14(24-31-16)13-4-5-13/h6-7,13,16H,4-5,8-12H2,1-3H3,(H,23,26)(H2,22,28,29). The van der Waals surface area contributed by atoms with Crippen LogP contribution < -0.4 is 10.5 Å². The monoisotopic (exact) mass is 466 g/mol. The molecule has 1 aromatic heterocycles. The molecule has 176 valence electrons. The van der Waals surface area contributed by atoms with Crippen molar-refractivity contribution in [3.8, 4) is 0 Å². The van der Waals surface area contributed by atoms with E-state index in [1.807, 2.05) is 0 Å². The molecular weight excluding hydrogens is 436 g/mol. The zero-order valence-corrected chi connectivity index (χ0v) is 19.4. The summed E-state index contributed by atoms with van der Waals surface area (Å²) in [4.78, 5) is 32.9. The molecular formula is C21H30N4O6S. The molecule has 0 spiro atoms. The fourth-order valence-electron chi connectivity index (χ4n) is 4.40. The molecule has 2 aliphatic heterocycles. The minimum Gasteiger partial charge on any atom is -0.438 e. The number of furan rings is 1. The molecule has 4 rings (SSSR count). The van der Waals surface area contributed by atoms with E-state index in [-0.39, 0.29) is 22.5 Å². The predicted octanol–water partition coefficient (Wildman–Crippen LogP) is 1.48. The van der Waals surface area contributed by atoms with Crippen LogP contribution in [0.3, 0.4) is 0 Å². The number of nitrogens with two attached hydrogens (primary N) is 1. The quantitative estimate of drug-likeness (QED) is 0.650. The van der Waals surface area contributed by atoms with E-state index < -0.39 is 27.1 Å². The molecule has 3 N–H and O–H groups in total. The van der Waals surface area contributed by atoms with E-state index in [9.17, 15) is 18.0 Å². The third-order valence-electron chi connectivity index (χ3n) is 6.95. The summed E-state index contributed by atoms with van der Waals surface area (Å²) in [5, 5.41) is 11.5. The first kappa shape index (κ1) is 22.8. The Morgan fingerprint density at radius 1 is 1.31 bits per heavy atom. The normalized spacial score (nSPS) is 26.1. The molecule has 2 unspecified atom stereocenters. The number of nitrogens with one attached hydrogen (secondary N) is 1. The van der Waals surface area contributed by atoms with Gasteiger partial charge >= 0.3 is 0 Å². The molecule has 0 bridgehead atoms. The maximum Gasteiger partial charge on any atom is 0.287 e. The van der Waals surface area contributed by atoms with Crippen molar-refractivity contribution in [3.63, 3.8) is 0 Å². The molecule has 2 fully saturated rings. The minimum atomic E-state index is -4.02. The average molecular weight is 467 g/mol. The molecule has 1 aromatic rings. The van der Waals surface area contributed by atoms with Gasteiger partial charge in [-0.15, -0.1) is 0 Å². The summed E-state index contributed by atoms with van der Waals surface area (Å²) in [7, 11) is -4.02. The van der Waals surface area contributed by atoms with Crippen LogP contribution in [0.5, 0.6) is 0 Å². The molecule has 11 heteroatoms. The highest BCUT2D eigenvalue weighted by Crippen LogP contribution is 2.46. The second-order valence-corrected chi connectivity index (χ2v) is 11.5. The smallest absolute Gasteiger partial charge is 0.287 e. The van der Waals surface area contributed by atoms with Gasteiger partial charge < -0.3 is 19.5 Å².